The molecule has 0 spiro atoms. The van der Waals surface area contributed by atoms with Crippen LogP contribution < -0.4 is 0 Å². The number of hydrogen-bond acceptors (Lipinski definition) is 3. The molecule has 0 unspecified atom stereocenters. The second kappa shape index (κ2) is 5.92. The molecule has 11 heavy (non-hydrogen) atoms. The largest absolute Gasteiger partial charge is 0.466 e. The fourth-order valence-corrected chi connectivity index (χ4v) is 0.657. The molecule has 0 atom stereocenters. The van der Waals surface area contributed by atoms with E-state index >= 15 is 0 Å². The molecule has 0 saturated carbocycles. The van der Waals surface area contributed by atoms with Gasteiger partial charge < -0.3 is 9.47 Å². The third kappa shape index (κ3) is 4.56. The molecule has 0 bridgehead atoms. The van der Waals surface area contributed by atoms with E-state index < -0.39 is 0 Å². The normalized spacial score (nSPS) is 11.4. The first kappa shape index (κ1) is 10.2. The van der Waals surface area contributed by atoms with Crippen molar-refractivity contribution in [2.45, 2.75) is 13.3 Å². The highest BCUT2D eigenvalue weighted by molar-refractivity contribution is 5.82. The third-order valence-corrected chi connectivity index (χ3v) is 1.31. The molecular formula is C8H14O3. The molecular weight excluding hydrogens is 144 g/mol. The van der Waals surface area contributed by atoms with Gasteiger partial charge in [0, 0.05) is 13.2 Å². The maximum absolute atomic E-state index is 10.7. The van der Waals surface area contributed by atoms with E-state index in [9.17, 15) is 4.79 Å². The van der Waals surface area contributed by atoms with Gasteiger partial charge in [-0.3, -0.25) is 0 Å². The quantitative estimate of drug-likeness (QED) is 0.454. The summed E-state index contributed by atoms with van der Waals surface area (Å²) in [6, 6.07) is 0. The van der Waals surface area contributed by atoms with Crippen molar-refractivity contribution in [3.63, 3.8) is 0 Å². The van der Waals surface area contributed by atoms with Crippen molar-refractivity contribution in [1.82, 2.24) is 0 Å². The smallest absolute Gasteiger partial charge is 0.330 e. The van der Waals surface area contributed by atoms with Crippen LogP contribution in [-0.4, -0.2) is 26.8 Å². The van der Waals surface area contributed by atoms with Gasteiger partial charge >= 0.3 is 5.97 Å². The Labute approximate surface area is 67.0 Å². The predicted molar refractivity (Wildman–Crippen MR) is 42.3 cm³/mol. The third-order valence-electron chi connectivity index (χ3n) is 1.31. The van der Waals surface area contributed by atoms with Crippen LogP contribution in [-0.2, 0) is 14.3 Å². The highest BCUT2D eigenvalue weighted by Crippen LogP contribution is 2.00. The molecule has 0 radical (unpaired) electrons. The van der Waals surface area contributed by atoms with E-state index in [2.05, 4.69) is 4.74 Å². The summed E-state index contributed by atoms with van der Waals surface area (Å²) >= 11 is 0. The summed E-state index contributed by atoms with van der Waals surface area (Å²) in [5.41, 5.74) is 0.944. The van der Waals surface area contributed by atoms with Gasteiger partial charge in [0.15, 0.2) is 0 Å². The van der Waals surface area contributed by atoms with E-state index in [0.29, 0.717) is 6.61 Å². The summed E-state index contributed by atoms with van der Waals surface area (Å²) in [5, 5.41) is 0. The monoisotopic (exact) mass is 158 g/mol. The Kier molecular flexibility index (Phi) is 5.47. The van der Waals surface area contributed by atoms with Gasteiger partial charge in [-0.15, -0.1) is 0 Å². The van der Waals surface area contributed by atoms with Gasteiger partial charge in [-0.05, 0) is 12.0 Å². The lowest BCUT2D eigenvalue weighted by Gasteiger charge is -2.00. The van der Waals surface area contributed by atoms with Crippen LogP contribution in [0.3, 0.4) is 0 Å². The number of ether oxygens (including phenoxy) is 2. The van der Waals surface area contributed by atoms with Gasteiger partial charge in [-0.2, -0.15) is 0 Å². The second-order valence-corrected chi connectivity index (χ2v) is 2.11. The first-order valence-corrected chi connectivity index (χ1v) is 3.50. The van der Waals surface area contributed by atoms with Crippen LogP contribution in [0.2, 0.25) is 0 Å². The number of carbonyl (C=O) groups excluding carboxylic acids is 1. The molecule has 64 valence electrons. The van der Waals surface area contributed by atoms with Crippen molar-refractivity contribution in [3.8, 4) is 0 Å². The summed E-state index contributed by atoms with van der Waals surface area (Å²) in [5.74, 6) is -0.320. The Balaban J connectivity index is 3.99. The molecule has 3 heteroatoms. The molecule has 0 amide bonds. The Hall–Kier alpha value is -0.830. The minimum atomic E-state index is -0.320. The van der Waals surface area contributed by atoms with Crippen LogP contribution in [0.4, 0.5) is 0 Å². The average Bonchev–Trinajstić information content (AvgIpc) is 2.03. The summed E-state index contributed by atoms with van der Waals surface area (Å²) in [7, 11) is 2.96. The van der Waals surface area contributed by atoms with Gasteiger partial charge in [0.2, 0.25) is 0 Å². The minimum Gasteiger partial charge on any atom is -0.466 e. The molecule has 0 fully saturated rings. The molecule has 0 aromatic carbocycles. The average molecular weight is 158 g/mol. The van der Waals surface area contributed by atoms with E-state index in [4.69, 9.17) is 4.74 Å². The Morgan fingerprint density at radius 2 is 2.09 bits per heavy atom. The zero-order chi connectivity index (χ0) is 8.69. The zero-order valence-corrected chi connectivity index (χ0v) is 7.22. The molecule has 0 aromatic rings. The van der Waals surface area contributed by atoms with Crippen molar-refractivity contribution in [2.75, 3.05) is 20.8 Å². The van der Waals surface area contributed by atoms with Crippen molar-refractivity contribution in [1.29, 1.82) is 0 Å². The number of rotatable bonds is 4. The standard InChI is InChI=1S/C8H14O3/c1-4-7(6-10-2)5-8(9)11-3/h5H,4,6H2,1-3H3. The molecule has 0 aliphatic heterocycles. The minimum absolute atomic E-state index is 0.320. The van der Waals surface area contributed by atoms with Crippen LogP contribution in [0.5, 0.6) is 0 Å². The van der Waals surface area contributed by atoms with Crippen molar-refractivity contribution in [3.05, 3.63) is 11.6 Å². The lowest BCUT2D eigenvalue weighted by Crippen LogP contribution is -2.00. The molecule has 0 saturated heterocycles. The van der Waals surface area contributed by atoms with Crippen LogP contribution >= 0.6 is 0 Å². The summed E-state index contributed by atoms with van der Waals surface area (Å²) in [6.07, 6.45) is 2.27. The van der Waals surface area contributed by atoms with E-state index in [1.165, 1.54) is 13.2 Å². The fraction of sp³-hybridized carbons (Fsp3) is 0.625. The SMILES string of the molecule is CCC(=CC(=O)OC)COC. The van der Waals surface area contributed by atoms with Gasteiger partial charge in [-0.25, -0.2) is 4.79 Å². The van der Waals surface area contributed by atoms with Crippen molar-refractivity contribution < 1.29 is 14.3 Å². The highest BCUT2D eigenvalue weighted by atomic mass is 16.5. The Morgan fingerprint density at radius 3 is 2.45 bits per heavy atom. The summed E-state index contributed by atoms with van der Waals surface area (Å²) in [4.78, 5) is 10.7. The number of esters is 1. The maximum atomic E-state index is 10.7. The van der Waals surface area contributed by atoms with Gasteiger partial charge in [0.25, 0.3) is 0 Å². The summed E-state index contributed by atoms with van der Waals surface area (Å²) < 4.78 is 9.32. The van der Waals surface area contributed by atoms with Crippen LogP contribution in [0.25, 0.3) is 0 Å². The predicted octanol–water partition coefficient (Wildman–Crippen LogP) is 1.14. The van der Waals surface area contributed by atoms with E-state index in [1.54, 1.807) is 7.11 Å². The van der Waals surface area contributed by atoms with E-state index in [0.717, 1.165) is 12.0 Å². The van der Waals surface area contributed by atoms with E-state index in [-0.39, 0.29) is 5.97 Å². The van der Waals surface area contributed by atoms with Crippen molar-refractivity contribution in [2.24, 2.45) is 0 Å². The Bertz CT molecular complexity index is 149. The molecule has 0 aliphatic rings. The number of hydrogen-bond donors (Lipinski definition) is 0. The van der Waals surface area contributed by atoms with E-state index in [1.807, 2.05) is 6.92 Å². The van der Waals surface area contributed by atoms with Gasteiger partial charge in [0.05, 0.1) is 13.7 Å². The summed E-state index contributed by atoms with van der Waals surface area (Å²) in [6.45, 7) is 2.46. The molecule has 0 aliphatic carbocycles. The van der Waals surface area contributed by atoms with Gasteiger partial charge in [0.1, 0.15) is 0 Å². The second-order valence-electron chi connectivity index (χ2n) is 2.11. The van der Waals surface area contributed by atoms with Gasteiger partial charge in [-0.1, -0.05) is 6.92 Å². The molecule has 0 heterocycles. The van der Waals surface area contributed by atoms with Crippen LogP contribution in [0.1, 0.15) is 13.3 Å². The fourth-order valence-electron chi connectivity index (χ4n) is 0.657. The molecule has 0 N–H and O–H groups in total. The molecule has 3 nitrogen and oxygen atoms in total. The van der Waals surface area contributed by atoms with Crippen molar-refractivity contribution >= 4 is 5.97 Å². The van der Waals surface area contributed by atoms with Crippen LogP contribution in [0, 0.1) is 0 Å². The highest BCUT2D eigenvalue weighted by Gasteiger charge is 1.98. The lowest BCUT2D eigenvalue weighted by atomic mass is 10.2. The zero-order valence-electron chi connectivity index (χ0n) is 7.22. The topological polar surface area (TPSA) is 35.5 Å². The Morgan fingerprint density at radius 1 is 1.45 bits per heavy atom. The number of carbonyl (C=O) groups is 1. The first-order chi connectivity index (χ1) is 5.24. The maximum Gasteiger partial charge on any atom is 0.330 e. The number of methoxy groups -OCH3 is 2. The lowest BCUT2D eigenvalue weighted by molar-refractivity contribution is -0.134. The van der Waals surface area contributed by atoms with Crippen LogP contribution in [0.15, 0.2) is 11.6 Å². The molecule has 0 rings (SSSR count). The molecule has 0 aromatic heterocycles. The first-order valence-electron chi connectivity index (χ1n) is 3.50.